The van der Waals surface area contributed by atoms with Crippen LogP contribution >= 0.6 is 0 Å². The zero-order valence-corrected chi connectivity index (χ0v) is 40.1. The van der Waals surface area contributed by atoms with Crippen LogP contribution in [0.2, 0.25) is 0 Å². The van der Waals surface area contributed by atoms with E-state index in [4.69, 9.17) is 4.98 Å². The molecule has 0 amide bonds. The Labute approximate surface area is 409 Å². The van der Waals surface area contributed by atoms with Gasteiger partial charge >= 0.3 is 20.1 Å². The second-order valence-corrected chi connectivity index (χ2v) is 18.6. The summed E-state index contributed by atoms with van der Waals surface area (Å²) >= 11 is 0. The van der Waals surface area contributed by atoms with E-state index >= 15 is 0 Å². The Hall–Kier alpha value is -6.58. The summed E-state index contributed by atoms with van der Waals surface area (Å²) in [5, 5.41) is 0. The van der Waals surface area contributed by atoms with Crippen molar-refractivity contribution in [2.45, 2.75) is 75.0 Å². The molecule has 3 heterocycles. The van der Waals surface area contributed by atoms with Crippen molar-refractivity contribution in [1.82, 2.24) is 15.0 Å². The average Bonchev–Trinajstić information content (AvgIpc) is 4.09. The number of hydrogen-bond donors (Lipinski definition) is 0. The summed E-state index contributed by atoms with van der Waals surface area (Å²) in [5.41, 5.74) is 18.6. The van der Waals surface area contributed by atoms with Gasteiger partial charge in [-0.05, 0) is 86.8 Å². The summed E-state index contributed by atoms with van der Waals surface area (Å²) < 4.78 is 0. The second-order valence-electron chi connectivity index (χ2n) is 18.6. The Morgan fingerprint density at radius 3 is 1.37 bits per heavy atom. The number of hydrogen-bond acceptors (Lipinski definition) is 3. The van der Waals surface area contributed by atoms with E-state index in [0.717, 1.165) is 63.4 Å². The van der Waals surface area contributed by atoms with E-state index in [9.17, 15) is 0 Å². The van der Waals surface area contributed by atoms with Crippen molar-refractivity contribution < 1.29 is 20.1 Å². The van der Waals surface area contributed by atoms with Gasteiger partial charge in [0.25, 0.3) is 0 Å². The molecule has 0 radical (unpaired) electrons. The molecule has 328 valence electrons. The maximum atomic E-state index is 5.03. The molecule has 0 bridgehead atoms. The molecule has 2 aliphatic carbocycles. The molecule has 2 aliphatic rings. The van der Waals surface area contributed by atoms with Crippen LogP contribution in [0.5, 0.6) is 0 Å². The fourth-order valence-corrected chi connectivity index (χ4v) is 11.1. The van der Waals surface area contributed by atoms with Crippen molar-refractivity contribution in [1.29, 1.82) is 0 Å². The number of nitrogens with zero attached hydrogens (tertiary/aromatic N) is 3. The zero-order valence-electron chi connectivity index (χ0n) is 37.7. The van der Waals surface area contributed by atoms with Gasteiger partial charge in [0.1, 0.15) is 0 Å². The van der Waals surface area contributed by atoms with Crippen LogP contribution in [-0.2, 0) is 43.8 Å². The monoisotopic (exact) mass is 1040 g/mol. The first-order valence-corrected chi connectivity index (χ1v) is 23.7. The van der Waals surface area contributed by atoms with Crippen LogP contribution in [0.25, 0.3) is 67.3 Å². The van der Waals surface area contributed by atoms with Gasteiger partial charge < -0.3 is 9.97 Å². The molecule has 11 rings (SSSR count). The van der Waals surface area contributed by atoms with Crippen LogP contribution in [-0.4, -0.2) is 15.0 Å². The third-order valence-electron chi connectivity index (χ3n) is 14.4. The average molecular weight is 1040 g/mol. The van der Waals surface area contributed by atoms with Crippen LogP contribution in [0.15, 0.2) is 194 Å². The van der Waals surface area contributed by atoms with Gasteiger partial charge in [-0.25, -0.2) is 0 Å². The Bertz CT molecular complexity index is 2920. The number of rotatable bonds is 12. The number of benzene rings is 6. The van der Waals surface area contributed by atoms with Crippen molar-refractivity contribution in [2.75, 3.05) is 0 Å². The summed E-state index contributed by atoms with van der Waals surface area (Å²) in [6.45, 7) is 0. The minimum Gasteiger partial charge on any atom is -0.305 e. The predicted octanol–water partition coefficient (Wildman–Crippen LogP) is 15.4. The first-order valence-electron chi connectivity index (χ1n) is 23.7. The molecule has 0 spiro atoms. The molecule has 67 heavy (non-hydrogen) atoms. The van der Waals surface area contributed by atoms with E-state index < -0.39 is 0 Å². The van der Waals surface area contributed by atoms with Crippen molar-refractivity contribution in [3.63, 3.8) is 0 Å². The molecule has 0 saturated heterocycles. The van der Waals surface area contributed by atoms with Gasteiger partial charge in [0.05, 0.1) is 5.69 Å². The number of aromatic nitrogens is 3. The van der Waals surface area contributed by atoms with Gasteiger partial charge in [-0.3, -0.25) is 4.98 Å². The SMILES string of the molecule is [Ir+3].[c-]1cc(C2(Cc3cc(CC4(c5c[c-]c(-c6ccccn6)cc5)CCCC4)cc(-c4ccccc4-c4c[c-]c(-c5cccc(-c6ccccc6)n5)cc4)c3)CCCC2)ccc1-c1ccccn1. The molecule has 2 saturated carbocycles. The second kappa shape index (κ2) is 19.7. The predicted molar refractivity (Wildman–Crippen MR) is 270 cm³/mol. The fraction of sp³-hybridized carbons (Fsp3) is 0.190. The molecule has 0 N–H and O–H groups in total. The van der Waals surface area contributed by atoms with Gasteiger partial charge in [-0.2, -0.15) is 0 Å². The molecule has 0 unspecified atom stereocenters. The van der Waals surface area contributed by atoms with E-state index in [1.165, 1.54) is 90.3 Å². The van der Waals surface area contributed by atoms with E-state index in [1.54, 1.807) is 0 Å². The quantitative estimate of drug-likeness (QED) is 0.114. The fourth-order valence-electron chi connectivity index (χ4n) is 11.1. The van der Waals surface area contributed by atoms with E-state index in [1.807, 2.05) is 42.7 Å². The van der Waals surface area contributed by atoms with Crippen molar-refractivity contribution in [2.24, 2.45) is 0 Å². The topological polar surface area (TPSA) is 38.7 Å². The van der Waals surface area contributed by atoms with Crippen molar-refractivity contribution in [3.05, 3.63) is 235 Å². The van der Waals surface area contributed by atoms with Crippen LogP contribution in [0.1, 0.15) is 73.6 Å². The van der Waals surface area contributed by atoms with Gasteiger partial charge in [0.2, 0.25) is 0 Å². The van der Waals surface area contributed by atoms with Gasteiger partial charge in [0, 0.05) is 12.4 Å². The smallest absolute Gasteiger partial charge is 0.305 e. The van der Waals surface area contributed by atoms with Gasteiger partial charge in [-0.1, -0.05) is 172 Å². The molecule has 0 aliphatic heterocycles. The molecular formula is C63H52IrN3. The Kier molecular flexibility index (Phi) is 13.0. The largest absolute Gasteiger partial charge is 3.00 e. The molecule has 2 fully saturated rings. The first kappa shape index (κ1) is 44.3. The molecule has 0 atom stereocenters. The van der Waals surface area contributed by atoms with Crippen LogP contribution < -0.4 is 0 Å². The van der Waals surface area contributed by atoms with Crippen molar-refractivity contribution in [3.8, 4) is 67.3 Å². The van der Waals surface area contributed by atoms with Crippen LogP contribution in [0.4, 0.5) is 0 Å². The molecular weight excluding hydrogens is 991 g/mol. The molecule has 6 aromatic carbocycles. The minimum atomic E-state index is 0. The standard InChI is InChI=1S/C63H52N3.Ir/c1-2-15-49(16-3-1)60-21-14-22-61(66-60)52-25-23-48(24-26-52)56-17-4-5-18-57(56)53-42-46(44-62(35-8-9-36-62)54-31-27-50(28-32-54)58-19-6-12-39-64-58)41-47(43-53)45-63(37-10-11-38-63)55-33-29-51(30-34-55)59-20-7-13-40-65-59;/h1-7,12-25,27,29,31-34,39-43H,8-11,35-38,44-45H2;/q-3;+3. The molecule has 9 aromatic rings. The Morgan fingerprint density at radius 1 is 0.388 bits per heavy atom. The summed E-state index contributed by atoms with van der Waals surface area (Å²) in [6, 6.07) is 76.5. The van der Waals surface area contributed by atoms with Crippen LogP contribution in [0.3, 0.4) is 0 Å². The summed E-state index contributed by atoms with van der Waals surface area (Å²) in [4.78, 5) is 14.3. The normalized spacial score (nSPS) is 14.9. The first-order chi connectivity index (χ1) is 32.6. The Balaban J connectivity index is 0.00000525. The maximum absolute atomic E-state index is 5.03. The van der Waals surface area contributed by atoms with E-state index in [0.29, 0.717) is 0 Å². The molecule has 4 heteroatoms. The minimum absolute atomic E-state index is 0. The maximum Gasteiger partial charge on any atom is 3.00 e. The third kappa shape index (κ3) is 9.39. The zero-order chi connectivity index (χ0) is 44.2. The van der Waals surface area contributed by atoms with Gasteiger partial charge in [0.15, 0.2) is 0 Å². The third-order valence-corrected chi connectivity index (χ3v) is 14.4. The summed E-state index contributed by atoms with van der Waals surface area (Å²) in [7, 11) is 0. The van der Waals surface area contributed by atoms with E-state index in [2.05, 4.69) is 180 Å². The Morgan fingerprint density at radius 2 is 0.866 bits per heavy atom. The molecule has 3 aromatic heterocycles. The van der Waals surface area contributed by atoms with Crippen LogP contribution in [0, 0.1) is 18.2 Å². The summed E-state index contributed by atoms with van der Waals surface area (Å²) in [6.07, 6.45) is 15.4. The van der Waals surface area contributed by atoms with Crippen molar-refractivity contribution >= 4 is 0 Å². The number of pyridine rings is 3. The van der Waals surface area contributed by atoms with E-state index in [-0.39, 0.29) is 30.9 Å². The molecule has 3 nitrogen and oxygen atoms in total. The summed E-state index contributed by atoms with van der Waals surface area (Å²) in [5.74, 6) is 0. The van der Waals surface area contributed by atoms with Gasteiger partial charge in [-0.15, -0.1) is 101 Å².